The molecule has 1 fully saturated rings. The van der Waals surface area contributed by atoms with Crippen molar-refractivity contribution in [2.24, 2.45) is 0 Å². The molecule has 0 radical (unpaired) electrons. The van der Waals surface area contributed by atoms with E-state index in [4.69, 9.17) is 0 Å². The topological polar surface area (TPSA) is 78.1 Å². The van der Waals surface area contributed by atoms with Crippen LogP contribution in [0.1, 0.15) is 29.1 Å². The number of nitrogens with one attached hydrogen (secondary N) is 2. The Morgan fingerprint density at radius 1 is 1.30 bits per heavy atom. The van der Waals surface area contributed by atoms with Crippen molar-refractivity contribution in [2.75, 3.05) is 26.2 Å². The van der Waals surface area contributed by atoms with E-state index >= 15 is 0 Å². The SMILES string of the molecule is Cc1sc2nc(CCC(=O)N3CCCNCC3)[nH]c(=O)c2c1C. The molecule has 1 amide bonds. The predicted molar refractivity (Wildman–Crippen MR) is 92.1 cm³/mol. The summed E-state index contributed by atoms with van der Waals surface area (Å²) in [5.41, 5.74) is 0.900. The van der Waals surface area contributed by atoms with E-state index in [0.717, 1.165) is 47.9 Å². The van der Waals surface area contributed by atoms with Crippen LogP contribution in [0.25, 0.3) is 10.2 Å². The van der Waals surface area contributed by atoms with Gasteiger partial charge in [-0.05, 0) is 32.4 Å². The summed E-state index contributed by atoms with van der Waals surface area (Å²) in [6.45, 7) is 7.32. The number of aromatic nitrogens is 2. The number of thiophene rings is 1. The van der Waals surface area contributed by atoms with Crippen LogP contribution in [0.3, 0.4) is 0 Å². The van der Waals surface area contributed by atoms with E-state index < -0.39 is 0 Å². The van der Waals surface area contributed by atoms with Gasteiger partial charge in [0, 0.05) is 37.4 Å². The van der Waals surface area contributed by atoms with Crippen LogP contribution in [0.4, 0.5) is 0 Å². The van der Waals surface area contributed by atoms with Crippen molar-refractivity contribution >= 4 is 27.5 Å². The molecule has 0 aliphatic carbocycles. The molecular formula is C16H22N4O2S. The number of aromatic amines is 1. The van der Waals surface area contributed by atoms with Crippen LogP contribution >= 0.6 is 11.3 Å². The fraction of sp³-hybridized carbons (Fsp3) is 0.562. The zero-order valence-electron chi connectivity index (χ0n) is 13.6. The molecule has 2 aromatic rings. The number of carbonyl (C=O) groups excluding carboxylic acids is 1. The summed E-state index contributed by atoms with van der Waals surface area (Å²) in [5, 5.41) is 3.97. The minimum atomic E-state index is -0.0988. The maximum absolute atomic E-state index is 12.3. The van der Waals surface area contributed by atoms with Crippen LogP contribution < -0.4 is 10.9 Å². The van der Waals surface area contributed by atoms with Crippen molar-refractivity contribution in [3.05, 3.63) is 26.6 Å². The van der Waals surface area contributed by atoms with Crippen molar-refractivity contribution in [1.29, 1.82) is 0 Å². The Kier molecular flexibility index (Phi) is 4.77. The molecule has 3 rings (SSSR count). The molecule has 0 aromatic carbocycles. The number of fused-ring (bicyclic) bond motifs is 1. The van der Waals surface area contributed by atoms with Crippen LogP contribution in [-0.2, 0) is 11.2 Å². The quantitative estimate of drug-likeness (QED) is 0.888. The summed E-state index contributed by atoms with van der Waals surface area (Å²) in [4.78, 5) is 35.7. The largest absolute Gasteiger partial charge is 0.341 e. The predicted octanol–water partition coefficient (Wildman–Crippen LogP) is 1.36. The van der Waals surface area contributed by atoms with Gasteiger partial charge in [0.05, 0.1) is 5.39 Å². The lowest BCUT2D eigenvalue weighted by Crippen LogP contribution is -2.34. The van der Waals surface area contributed by atoms with E-state index in [1.165, 1.54) is 11.3 Å². The second-order valence-corrected chi connectivity index (χ2v) is 7.16. The first-order chi connectivity index (χ1) is 11.1. The van der Waals surface area contributed by atoms with E-state index in [-0.39, 0.29) is 11.5 Å². The van der Waals surface area contributed by atoms with Gasteiger partial charge in [-0.2, -0.15) is 0 Å². The summed E-state index contributed by atoms with van der Waals surface area (Å²) < 4.78 is 0. The van der Waals surface area contributed by atoms with E-state index in [1.807, 2.05) is 18.7 Å². The maximum atomic E-state index is 12.3. The summed E-state index contributed by atoms with van der Waals surface area (Å²) in [7, 11) is 0. The molecule has 0 bridgehead atoms. The minimum absolute atomic E-state index is 0.0988. The lowest BCUT2D eigenvalue weighted by atomic mass is 10.2. The fourth-order valence-corrected chi connectivity index (χ4v) is 3.95. The highest BCUT2D eigenvalue weighted by atomic mass is 32.1. The Morgan fingerprint density at radius 3 is 2.96 bits per heavy atom. The van der Waals surface area contributed by atoms with Gasteiger partial charge in [-0.1, -0.05) is 0 Å². The highest BCUT2D eigenvalue weighted by Gasteiger charge is 2.16. The average molecular weight is 334 g/mol. The van der Waals surface area contributed by atoms with Gasteiger partial charge in [0.2, 0.25) is 5.91 Å². The number of amides is 1. The van der Waals surface area contributed by atoms with Crippen LogP contribution in [0.2, 0.25) is 0 Å². The van der Waals surface area contributed by atoms with Gasteiger partial charge in [-0.15, -0.1) is 11.3 Å². The Balaban J connectivity index is 1.72. The summed E-state index contributed by atoms with van der Waals surface area (Å²) in [6, 6.07) is 0. The summed E-state index contributed by atoms with van der Waals surface area (Å²) in [6.07, 6.45) is 1.85. The molecule has 0 unspecified atom stereocenters. The Labute approximate surface area is 138 Å². The van der Waals surface area contributed by atoms with Gasteiger partial charge in [0.1, 0.15) is 10.7 Å². The summed E-state index contributed by atoms with van der Waals surface area (Å²) >= 11 is 1.54. The molecule has 0 saturated carbocycles. The monoisotopic (exact) mass is 334 g/mol. The zero-order valence-corrected chi connectivity index (χ0v) is 14.4. The van der Waals surface area contributed by atoms with Gasteiger partial charge in [0.25, 0.3) is 5.56 Å². The molecule has 1 aliphatic rings. The lowest BCUT2D eigenvalue weighted by molar-refractivity contribution is -0.131. The Morgan fingerprint density at radius 2 is 2.13 bits per heavy atom. The van der Waals surface area contributed by atoms with E-state index in [2.05, 4.69) is 15.3 Å². The highest BCUT2D eigenvalue weighted by molar-refractivity contribution is 7.18. The van der Waals surface area contributed by atoms with Crippen LogP contribution in [0, 0.1) is 13.8 Å². The van der Waals surface area contributed by atoms with Crippen LogP contribution in [0.5, 0.6) is 0 Å². The van der Waals surface area contributed by atoms with E-state index in [1.54, 1.807) is 0 Å². The number of nitrogens with zero attached hydrogens (tertiary/aromatic N) is 2. The number of hydrogen-bond acceptors (Lipinski definition) is 5. The first-order valence-corrected chi connectivity index (χ1v) is 8.85. The maximum Gasteiger partial charge on any atom is 0.259 e. The van der Waals surface area contributed by atoms with Crippen molar-refractivity contribution in [3.63, 3.8) is 0 Å². The van der Waals surface area contributed by atoms with Gasteiger partial charge in [0.15, 0.2) is 0 Å². The number of aryl methyl sites for hydroxylation is 3. The number of H-pyrrole nitrogens is 1. The standard InChI is InChI=1S/C16H22N4O2S/c1-10-11(2)23-16-14(10)15(22)18-12(19-16)4-5-13(21)20-8-3-6-17-7-9-20/h17H,3-9H2,1-2H3,(H,18,19,22). The molecule has 124 valence electrons. The molecule has 1 aliphatic heterocycles. The highest BCUT2D eigenvalue weighted by Crippen LogP contribution is 2.25. The normalized spacial score (nSPS) is 15.8. The van der Waals surface area contributed by atoms with Crippen LogP contribution in [-0.4, -0.2) is 47.0 Å². The van der Waals surface area contributed by atoms with Crippen LogP contribution in [0.15, 0.2) is 4.79 Å². The molecular weight excluding hydrogens is 312 g/mol. The number of hydrogen-bond donors (Lipinski definition) is 2. The number of carbonyl (C=O) groups is 1. The third kappa shape index (κ3) is 3.45. The van der Waals surface area contributed by atoms with Crippen molar-refractivity contribution < 1.29 is 4.79 Å². The molecule has 7 heteroatoms. The Bertz CT molecular complexity index is 772. The second kappa shape index (κ2) is 6.80. The zero-order chi connectivity index (χ0) is 16.4. The van der Waals surface area contributed by atoms with Crippen molar-refractivity contribution in [1.82, 2.24) is 20.2 Å². The van der Waals surface area contributed by atoms with Gasteiger partial charge in [-0.25, -0.2) is 4.98 Å². The first-order valence-electron chi connectivity index (χ1n) is 8.03. The van der Waals surface area contributed by atoms with Gasteiger partial charge < -0.3 is 15.2 Å². The third-order valence-electron chi connectivity index (χ3n) is 4.36. The average Bonchev–Trinajstić information content (AvgIpc) is 2.73. The fourth-order valence-electron chi connectivity index (χ4n) is 2.90. The molecule has 23 heavy (non-hydrogen) atoms. The molecule has 2 N–H and O–H groups in total. The van der Waals surface area contributed by atoms with Gasteiger partial charge >= 0.3 is 0 Å². The molecule has 3 heterocycles. The Hall–Kier alpha value is -1.73. The smallest absolute Gasteiger partial charge is 0.259 e. The molecule has 1 saturated heterocycles. The molecule has 2 aromatic heterocycles. The number of rotatable bonds is 3. The lowest BCUT2D eigenvalue weighted by Gasteiger charge is -2.19. The molecule has 0 spiro atoms. The first kappa shape index (κ1) is 16.1. The van der Waals surface area contributed by atoms with E-state index in [9.17, 15) is 9.59 Å². The van der Waals surface area contributed by atoms with Gasteiger partial charge in [-0.3, -0.25) is 9.59 Å². The third-order valence-corrected chi connectivity index (χ3v) is 5.46. The second-order valence-electron chi connectivity index (χ2n) is 5.96. The summed E-state index contributed by atoms with van der Waals surface area (Å²) in [5.74, 6) is 0.736. The minimum Gasteiger partial charge on any atom is -0.341 e. The van der Waals surface area contributed by atoms with E-state index in [0.29, 0.717) is 24.1 Å². The molecule has 0 atom stereocenters. The van der Waals surface area contributed by atoms with Crippen molar-refractivity contribution in [3.8, 4) is 0 Å². The van der Waals surface area contributed by atoms with Crippen molar-refractivity contribution in [2.45, 2.75) is 33.1 Å². The molecule has 6 nitrogen and oxygen atoms in total.